The number of unbranched alkanes of at least 4 members (excludes halogenated alkanes) is 1. The average molecular weight is 524 g/mol. The lowest BCUT2D eigenvalue weighted by atomic mass is 9.98. The highest BCUT2D eigenvalue weighted by Crippen LogP contribution is 2.43. The molecule has 1 aliphatic rings. The van der Waals surface area contributed by atoms with E-state index in [-0.39, 0.29) is 16.8 Å². The van der Waals surface area contributed by atoms with Crippen LogP contribution in [0.5, 0.6) is 11.5 Å². The number of fused-ring (bicyclic) bond motifs is 2. The van der Waals surface area contributed by atoms with Crippen molar-refractivity contribution in [2.45, 2.75) is 25.8 Å². The summed E-state index contributed by atoms with van der Waals surface area (Å²) in [7, 11) is 1.52. The highest BCUT2D eigenvalue weighted by molar-refractivity contribution is 6.32. The molecule has 184 valence electrons. The van der Waals surface area contributed by atoms with Crippen LogP contribution in [0.3, 0.4) is 0 Å². The van der Waals surface area contributed by atoms with Crippen LogP contribution in [-0.4, -0.2) is 19.6 Å². The highest BCUT2D eigenvalue weighted by atomic mass is 35.5. The summed E-state index contributed by atoms with van der Waals surface area (Å²) in [5.74, 6) is 0.751. The standard InChI is InChI=1S/C28H23Cl2NO5/c1-3-4-13-35-19-9-5-16(6-10-19)25-24-26(32)20-14-17(29)7-11-22(20)36-27(24)28(33)31(25)18-8-12-23(34-2)21(30)15-18/h5-12,14-15,25H,3-4,13H2,1-2H3. The van der Waals surface area contributed by atoms with E-state index in [0.29, 0.717) is 44.8 Å². The van der Waals surface area contributed by atoms with E-state index in [9.17, 15) is 9.59 Å². The van der Waals surface area contributed by atoms with Gasteiger partial charge in [0.25, 0.3) is 5.91 Å². The number of carbonyl (C=O) groups excluding carboxylic acids is 1. The van der Waals surface area contributed by atoms with Gasteiger partial charge in [-0.2, -0.15) is 0 Å². The molecule has 1 aromatic heterocycles. The van der Waals surface area contributed by atoms with Crippen molar-refractivity contribution in [3.8, 4) is 11.5 Å². The molecule has 1 atom stereocenters. The van der Waals surface area contributed by atoms with Crippen molar-refractivity contribution in [1.29, 1.82) is 0 Å². The number of carbonyl (C=O) groups is 1. The summed E-state index contributed by atoms with van der Waals surface area (Å²) < 4.78 is 17.1. The maximum atomic E-state index is 13.7. The Bertz CT molecular complexity index is 1510. The molecule has 0 N–H and O–H groups in total. The SMILES string of the molecule is CCCCOc1ccc(C2c3c(oc4ccc(Cl)cc4c3=O)C(=O)N2c2ccc(OC)c(Cl)c2)cc1. The number of methoxy groups -OCH3 is 1. The summed E-state index contributed by atoms with van der Waals surface area (Å²) in [5.41, 5.74) is 1.47. The van der Waals surface area contributed by atoms with Gasteiger partial charge in [-0.3, -0.25) is 14.5 Å². The van der Waals surface area contributed by atoms with Crippen LogP contribution in [0, 0.1) is 0 Å². The van der Waals surface area contributed by atoms with E-state index >= 15 is 0 Å². The van der Waals surface area contributed by atoms with E-state index in [1.807, 2.05) is 24.3 Å². The Balaban J connectivity index is 1.68. The van der Waals surface area contributed by atoms with Crippen LogP contribution in [0.15, 0.2) is 69.9 Å². The van der Waals surface area contributed by atoms with Gasteiger partial charge in [-0.25, -0.2) is 0 Å². The molecule has 1 amide bonds. The Morgan fingerprint density at radius 2 is 1.78 bits per heavy atom. The zero-order valence-electron chi connectivity index (χ0n) is 19.7. The summed E-state index contributed by atoms with van der Waals surface area (Å²) in [6.07, 6.45) is 1.99. The molecular formula is C28H23Cl2NO5. The van der Waals surface area contributed by atoms with E-state index in [1.54, 1.807) is 36.4 Å². The first-order valence-electron chi connectivity index (χ1n) is 11.6. The molecule has 0 fully saturated rings. The van der Waals surface area contributed by atoms with Crippen molar-refractivity contribution in [1.82, 2.24) is 0 Å². The van der Waals surface area contributed by atoms with Crippen molar-refractivity contribution in [2.24, 2.45) is 0 Å². The number of benzene rings is 3. The van der Waals surface area contributed by atoms with Gasteiger partial charge < -0.3 is 13.9 Å². The van der Waals surface area contributed by atoms with Gasteiger partial charge in [-0.1, -0.05) is 48.7 Å². The predicted molar refractivity (Wildman–Crippen MR) is 141 cm³/mol. The lowest BCUT2D eigenvalue weighted by Gasteiger charge is -2.26. The Labute approximate surface area is 217 Å². The Hall–Kier alpha value is -3.48. The monoisotopic (exact) mass is 523 g/mol. The van der Waals surface area contributed by atoms with E-state index in [4.69, 9.17) is 37.1 Å². The minimum atomic E-state index is -0.735. The number of rotatable bonds is 7. The molecule has 4 aromatic rings. The first-order chi connectivity index (χ1) is 17.4. The van der Waals surface area contributed by atoms with Crippen LogP contribution in [0.2, 0.25) is 10.0 Å². The van der Waals surface area contributed by atoms with Gasteiger partial charge in [0.1, 0.15) is 17.1 Å². The number of ether oxygens (including phenoxy) is 2. The highest BCUT2D eigenvalue weighted by Gasteiger charge is 2.43. The van der Waals surface area contributed by atoms with Crippen molar-refractivity contribution in [3.05, 3.63) is 97.8 Å². The maximum absolute atomic E-state index is 13.7. The van der Waals surface area contributed by atoms with Gasteiger partial charge in [0.15, 0.2) is 5.43 Å². The summed E-state index contributed by atoms with van der Waals surface area (Å²) >= 11 is 12.6. The fourth-order valence-corrected chi connectivity index (χ4v) is 4.84. The average Bonchev–Trinajstić information content (AvgIpc) is 3.17. The molecule has 1 aliphatic heterocycles. The minimum absolute atomic E-state index is 0.00460. The summed E-state index contributed by atoms with van der Waals surface area (Å²) in [6.45, 7) is 2.72. The van der Waals surface area contributed by atoms with E-state index in [0.717, 1.165) is 18.4 Å². The molecule has 0 radical (unpaired) electrons. The van der Waals surface area contributed by atoms with Gasteiger partial charge in [0, 0.05) is 10.7 Å². The topological polar surface area (TPSA) is 69.0 Å². The van der Waals surface area contributed by atoms with Gasteiger partial charge in [0.05, 0.1) is 35.7 Å². The summed E-state index contributed by atoms with van der Waals surface area (Å²) in [5, 5.41) is 1.06. The first kappa shape index (κ1) is 24.2. The molecule has 1 unspecified atom stereocenters. The summed E-state index contributed by atoms with van der Waals surface area (Å²) in [4.78, 5) is 29.0. The van der Waals surface area contributed by atoms with Gasteiger partial charge in [-0.15, -0.1) is 0 Å². The molecule has 5 rings (SSSR count). The maximum Gasteiger partial charge on any atom is 0.295 e. The minimum Gasteiger partial charge on any atom is -0.495 e. The fraction of sp³-hybridized carbons (Fsp3) is 0.214. The molecule has 36 heavy (non-hydrogen) atoms. The Morgan fingerprint density at radius 1 is 1.00 bits per heavy atom. The zero-order chi connectivity index (χ0) is 25.4. The van der Waals surface area contributed by atoms with Crippen molar-refractivity contribution >= 4 is 45.8 Å². The second kappa shape index (κ2) is 9.88. The van der Waals surface area contributed by atoms with Crippen molar-refractivity contribution in [3.63, 3.8) is 0 Å². The van der Waals surface area contributed by atoms with Crippen LogP contribution in [0.25, 0.3) is 11.0 Å². The van der Waals surface area contributed by atoms with Crippen LogP contribution >= 0.6 is 23.2 Å². The quantitative estimate of drug-likeness (QED) is 0.243. The van der Waals surface area contributed by atoms with Crippen LogP contribution in [-0.2, 0) is 0 Å². The van der Waals surface area contributed by atoms with Crippen LogP contribution in [0.1, 0.15) is 47.5 Å². The fourth-order valence-electron chi connectivity index (χ4n) is 4.41. The number of hydrogen-bond acceptors (Lipinski definition) is 5. The molecule has 2 heterocycles. The third kappa shape index (κ3) is 4.21. The molecular weight excluding hydrogens is 501 g/mol. The number of hydrogen-bond donors (Lipinski definition) is 0. The van der Waals surface area contributed by atoms with Gasteiger partial charge in [-0.05, 0) is 60.5 Å². The van der Waals surface area contributed by atoms with E-state index < -0.39 is 11.9 Å². The normalized spacial score (nSPS) is 14.8. The summed E-state index contributed by atoms with van der Waals surface area (Å²) in [6, 6.07) is 16.5. The number of amides is 1. The third-order valence-electron chi connectivity index (χ3n) is 6.21. The van der Waals surface area contributed by atoms with E-state index in [2.05, 4.69) is 6.92 Å². The lowest BCUT2D eigenvalue weighted by Crippen LogP contribution is -2.29. The largest absolute Gasteiger partial charge is 0.495 e. The van der Waals surface area contributed by atoms with Gasteiger partial charge in [0.2, 0.25) is 5.76 Å². The van der Waals surface area contributed by atoms with Crippen LogP contribution < -0.4 is 19.8 Å². The predicted octanol–water partition coefficient (Wildman–Crippen LogP) is 7.04. The smallest absolute Gasteiger partial charge is 0.295 e. The number of anilines is 1. The lowest BCUT2D eigenvalue weighted by molar-refractivity contribution is 0.0971. The molecule has 0 spiro atoms. The Morgan fingerprint density at radius 3 is 2.47 bits per heavy atom. The molecule has 0 aliphatic carbocycles. The first-order valence-corrected chi connectivity index (χ1v) is 12.3. The van der Waals surface area contributed by atoms with E-state index in [1.165, 1.54) is 12.0 Å². The molecule has 8 heteroatoms. The molecule has 0 bridgehead atoms. The number of halogens is 2. The van der Waals surface area contributed by atoms with Crippen molar-refractivity contribution in [2.75, 3.05) is 18.6 Å². The molecule has 0 saturated carbocycles. The van der Waals surface area contributed by atoms with Crippen molar-refractivity contribution < 1.29 is 18.7 Å². The Kier molecular flexibility index (Phi) is 6.65. The molecule has 0 saturated heterocycles. The molecule has 6 nitrogen and oxygen atoms in total. The van der Waals surface area contributed by atoms with Gasteiger partial charge >= 0.3 is 0 Å². The zero-order valence-corrected chi connectivity index (χ0v) is 21.2. The third-order valence-corrected chi connectivity index (χ3v) is 6.74. The second-order valence-electron chi connectivity index (χ2n) is 8.48. The molecule has 3 aromatic carbocycles. The second-order valence-corrected chi connectivity index (χ2v) is 9.33. The number of nitrogens with zero attached hydrogens (tertiary/aromatic N) is 1. The van der Waals surface area contributed by atoms with Crippen LogP contribution in [0.4, 0.5) is 5.69 Å².